The fraction of sp³-hybridized carbons (Fsp3) is 1.00. The van der Waals surface area contributed by atoms with Crippen LogP contribution in [0.15, 0.2) is 0 Å². The van der Waals surface area contributed by atoms with E-state index in [1.54, 1.807) is 6.92 Å². The van der Waals surface area contributed by atoms with Crippen LogP contribution in [0.25, 0.3) is 0 Å². The van der Waals surface area contributed by atoms with Gasteiger partial charge in [-0.05, 0) is 25.2 Å². The average Bonchev–Trinajstić information content (AvgIpc) is 2.21. The molecule has 0 N–H and O–H groups in total. The van der Waals surface area contributed by atoms with Crippen molar-refractivity contribution in [2.45, 2.75) is 78.8 Å². The zero-order chi connectivity index (χ0) is 11.7. The highest BCUT2D eigenvalue weighted by molar-refractivity contribution is 4.65. The SMILES string of the molecule is CCCC(CCCCC(C)F)C(C)CC. The van der Waals surface area contributed by atoms with Gasteiger partial charge in [0.25, 0.3) is 0 Å². The van der Waals surface area contributed by atoms with Crippen molar-refractivity contribution in [3.05, 3.63) is 0 Å². The molecule has 0 fully saturated rings. The van der Waals surface area contributed by atoms with Crippen molar-refractivity contribution in [2.24, 2.45) is 11.8 Å². The molecule has 0 aromatic carbocycles. The molecule has 0 aromatic rings. The second-order valence-electron chi connectivity index (χ2n) is 5.00. The van der Waals surface area contributed by atoms with Crippen molar-refractivity contribution in [3.8, 4) is 0 Å². The van der Waals surface area contributed by atoms with E-state index in [0.717, 1.165) is 24.7 Å². The van der Waals surface area contributed by atoms with E-state index in [4.69, 9.17) is 0 Å². The number of hydrogen-bond acceptors (Lipinski definition) is 0. The molecule has 0 aliphatic carbocycles. The minimum Gasteiger partial charge on any atom is -0.248 e. The Morgan fingerprint density at radius 1 is 0.933 bits per heavy atom. The van der Waals surface area contributed by atoms with Crippen LogP contribution >= 0.6 is 0 Å². The minimum atomic E-state index is -0.613. The zero-order valence-electron chi connectivity index (χ0n) is 11.1. The molecular formula is C14H29F. The monoisotopic (exact) mass is 216 g/mol. The summed E-state index contributed by atoms with van der Waals surface area (Å²) in [6, 6.07) is 0. The molecule has 0 amide bonds. The second-order valence-corrected chi connectivity index (χ2v) is 5.00. The van der Waals surface area contributed by atoms with Gasteiger partial charge < -0.3 is 0 Å². The standard InChI is InChI=1S/C14H29F/c1-5-9-14(12(3)6-2)11-8-7-10-13(4)15/h12-14H,5-11H2,1-4H3. The molecule has 3 unspecified atom stereocenters. The van der Waals surface area contributed by atoms with E-state index in [9.17, 15) is 4.39 Å². The summed E-state index contributed by atoms with van der Waals surface area (Å²) < 4.78 is 12.6. The fourth-order valence-corrected chi connectivity index (χ4v) is 2.25. The van der Waals surface area contributed by atoms with E-state index in [1.807, 2.05) is 0 Å². The van der Waals surface area contributed by atoms with E-state index in [0.29, 0.717) is 0 Å². The van der Waals surface area contributed by atoms with Gasteiger partial charge in [0.15, 0.2) is 0 Å². The number of unbranched alkanes of at least 4 members (excludes halogenated alkanes) is 1. The molecule has 0 heterocycles. The molecule has 0 spiro atoms. The van der Waals surface area contributed by atoms with Gasteiger partial charge in [-0.15, -0.1) is 0 Å². The maximum absolute atomic E-state index is 12.6. The van der Waals surface area contributed by atoms with Crippen molar-refractivity contribution in [1.82, 2.24) is 0 Å². The van der Waals surface area contributed by atoms with Crippen molar-refractivity contribution in [3.63, 3.8) is 0 Å². The van der Waals surface area contributed by atoms with Gasteiger partial charge in [-0.2, -0.15) is 0 Å². The lowest BCUT2D eigenvalue weighted by atomic mass is 9.84. The summed E-state index contributed by atoms with van der Waals surface area (Å²) in [5, 5.41) is 0. The summed E-state index contributed by atoms with van der Waals surface area (Å²) in [7, 11) is 0. The summed E-state index contributed by atoms with van der Waals surface area (Å²) in [5.41, 5.74) is 0. The van der Waals surface area contributed by atoms with Crippen molar-refractivity contribution in [1.29, 1.82) is 0 Å². The highest BCUT2D eigenvalue weighted by atomic mass is 19.1. The first-order chi connectivity index (χ1) is 7.11. The molecule has 15 heavy (non-hydrogen) atoms. The highest BCUT2D eigenvalue weighted by Crippen LogP contribution is 2.26. The van der Waals surface area contributed by atoms with Gasteiger partial charge >= 0.3 is 0 Å². The lowest BCUT2D eigenvalue weighted by molar-refractivity contribution is 0.282. The molecule has 92 valence electrons. The number of rotatable bonds is 9. The van der Waals surface area contributed by atoms with Gasteiger partial charge in [0, 0.05) is 0 Å². The molecule has 0 radical (unpaired) electrons. The third-order valence-electron chi connectivity index (χ3n) is 3.53. The summed E-state index contributed by atoms with van der Waals surface area (Å²) in [5.74, 6) is 1.71. The van der Waals surface area contributed by atoms with E-state index in [2.05, 4.69) is 20.8 Å². The number of alkyl halides is 1. The molecule has 1 heteroatoms. The number of halogens is 1. The van der Waals surface area contributed by atoms with Crippen LogP contribution < -0.4 is 0 Å². The Morgan fingerprint density at radius 3 is 2.00 bits per heavy atom. The Labute approximate surface area is 95.6 Å². The third-order valence-corrected chi connectivity index (χ3v) is 3.53. The quantitative estimate of drug-likeness (QED) is 0.455. The molecule has 0 nitrogen and oxygen atoms in total. The molecule has 0 aliphatic heterocycles. The van der Waals surface area contributed by atoms with E-state index in [1.165, 1.54) is 32.1 Å². The smallest absolute Gasteiger partial charge is 0.0973 e. The Kier molecular flexibility index (Phi) is 9.13. The summed E-state index contributed by atoms with van der Waals surface area (Å²) in [6.07, 6.45) is 7.63. The lowest BCUT2D eigenvalue weighted by Crippen LogP contribution is -2.11. The first kappa shape index (κ1) is 14.9. The normalized spacial score (nSPS) is 17.4. The Bertz CT molecular complexity index is 131. The Balaban J connectivity index is 3.66. The molecule has 0 saturated carbocycles. The molecular weight excluding hydrogens is 187 g/mol. The van der Waals surface area contributed by atoms with Crippen molar-refractivity contribution < 1.29 is 4.39 Å². The van der Waals surface area contributed by atoms with Crippen LogP contribution in [0.4, 0.5) is 4.39 Å². The first-order valence-electron chi connectivity index (χ1n) is 6.75. The maximum Gasteiger partial charge on any atom is 0.0973 e. The molecule has 0 bridgehead atoms. The predicted molar refractivity (Wildman–Crippen MR) is 66.9 cm³/mol. The first-order valence-corrected chi connectivity index (χ1v) is 6.75. The molecule has 3 atom stereocenters. The van der Waals surface area contributed by atoms with Crippen molar-refractivity contribution in [2.75, 3.05) is 0 Å². The Morgan fingerprint density at radius 2 is 1.53 bits per heavy atom. The molecule has 0 aliphatic rings. The molecule has 0 rings (SSSR count). The van der Waals surface area contributed by atoms with Gasteiger partial charge in [-0.25, -0.2) is 4.39 Å². The minimum absolute atomic E-state index is 0.613. The highest BCUT2D eigenvalue weighted by Gasteiger charge is 2.14. The fourth-order valence-electron chi connectivity index (χ4n) is 2.25. The zero-order valence-corrected chi connectivity index (χ0v) is 11.1. The van der Waals surface area contributed by atoms with E-state index >= 15 is 0 Å². The Hall–Kier alpha value is -0.0700. The van der Waals surface area contributed by atoms with E-state index < -0.39 is 6.17 Å². The van der Waals surface area contributed by atoms with Gasteiger partial charge in [-0.1, -0.05) is 59.3 Å². The van der Waals surface area contributed by atoms with Crippen LogP contribution in [0.2, 0.25) is 0 Å². The van der Waals surface area contributed by atoms with Crippen molar-refractivity contribution >= 4 is 0 Å². The van der Waals surface area contributed by atoms with Crippen LogP contribution in [0.5, 0.6) is 0 Å². The van der Waals surface area contributed by atoms with Crippen LogP contribution in [0, 0.1) is 11.8 Å². The lowest BCUT2D eigenvalue weighted by Gasteiger charge is -2.22. The van der Waals surface area contributed by atoms with Crippen LogP contribution in [0.3, 0.4) is 0 Å². The van der Waals surface area contributed by atoms with Crippen LogP contribution in [-0.2, 0) is 0 Å². The van der Waals surface area contributed by atoms with E-state index in [-0.39, 0.29) is 0 Å². The summed E-state index contributed by atoms with van der Waals surface area (Å²) >= 11 is 0. The van der Waals surface area contributed by atoms with Crippen LogP contribution in [0.1, 0.15) is 72.6 Å². The van der Waals surface area contributed by atoms with Crippen LogP contribution in [-0.4, -0.2) is 6.17 Å². The topological polar surface area (TPSA) is 0 Å². The largest absolute Gasteiger partial charge is 0.248 e. The second kappa shape index (κ2) is 9.18. The number of hydrogen-bond donors (Lipinski definition) is 0. The molecule has 0 aromatic heterocycles. The third kappa shape index (κ3) is 7.81. The molecule has 0 saturated heterocycles. The van der Waals surface area contributed by atoms with Gasteiger partial charge in [0.05, 0.1) is 6.17 Å². The summed E-state index contributed by atoms with van der Waals surface area (Å²) in [6.45, 7) is 8.56. The maximum atomic E-state index is 12.6. The van der Waals surface area contributed by atoms with Gasteiger partial charge in [-0.3, -0.25) is 0 Å². The van der Waals surface area contributed by atoms with Gasteiger partial charge in [0.2, 0.25) is 0 Å². The average molecular weight is 216 g/mol. The summed E-state index contributed by atoms with van der Waals surface area (Å²) in [4.78, 5) is 0. The predicted octanol–water partition coefficient (Wildman–Crippen LogP) is 5.37. The van der Waals surface area contributed by atoms with Gasteiger partial charge in [0.1, 0.15) is 0 Å².